The second-order valence-electron chi connectivity index (χ2n) is 6.23. The van der Waals surface area contributed by atoms with Gasteiger partial charge < -0.3 is 60.2 Å². The summed E-state index contributed by atoms with van der Waals surface area (Å²) in [5, 5.41) is 85.8. The first kappa shape index (κ1) is 24.1. The van der Waals surface area contributed by atoms with Gasteiger partial charge in [-0.3, -0.25) is 0 Å². The number of allylic oxidation sites excluding steroid dienone is 1. The van der Waals surface area contributed by atoms with Crippen molar-refractivity contribution >= 4 is 0 Å². The summed E-state index contributed by atoms with van der Waals surface area (Å²) in [5.74, 6) is -0.0833. The van der Waals surface area contributed by atoms with Gasteiger partial charge in [0.1, 0.15) is 48.8 Å². The van der Waals surface area contributed by atoms with Gasteiger partial charge in [-0.05, 0) is 0 Å². The molecule has 0 aromatic rings. The van der Waals surface area contributed by atoms with E-state index in [4.69, 9.17) is 19.3 Å². The Hall–Kier alpha value is -0.900. The van der Waals surface area contributed by atoms with Crippen LogP contribution in [-0.4, -0.2) is 115 Å². The average molecular weight is 399 g/mol. The van der Waals surface area contributed by atoms with E-state index >= 15 is 0 Å². The van der Waals surface area contributed by atoms with Crippen LogP contribution in [0.15, 0.2) is 12.3 Å². The smallest absolute Gasteiger partial charge is 0.187 e. The number of rotatable bonds is 4. The first-order valence-electron chi connectivity index (χ1n) is 8.14. The Kier molecular flexibility index (Phi) is 9.47. The highest BCUT2D eigenvalue weighted by Gasteiger charge is 2.50. The van der Waals surface area contributed by atoms with E-state index in [-0.39, 0.29) is 5.76 Å². The maximum Gasteiger partial charge on any atom is 0.187 e. The van der Waals surface area contributed by atoms with Gasteiger partial charge in [0.05, 0.1) is 13.2 Å². The lowest BCUT2D eigenvalue weighted by atomic mass is 9.97. The van der Waals surface area contributed by atoms with Gasteiger partial charge in [0.2, 0.25) is 0 Å². The summed E-state index contributed by atoms with van der Waals surface area (Å²) >= 11 is 0. The second-order valence-corrected chi connectivity index (χ2v) is 6.23. The zero-order valence-electron chi connectivity index (χ0n) is 14.6. The molecule has 0 aromatic heterocycles. The molecule has 2 saturated heterocycles. The summed E-state index contributed by atoms with van der Waals surface area (Å²) in [6.07, 6.45) is -15.6. The van der Waals surface area contributed by atoms with Crippen LogP contribution >= 0.6 is 0 Å². The molecule has 0 bridgehead atoms. The first-order valence-corrected chi connectivity index (χ1v) is 8.14. The first-order chi connectivity index (χ1) is 12.5. The Morgan fingerprint density at radius 1 is 0.852 bits per heavy atom. The minimum Gasteiger partial charge on any atom is -0.876 e. The molecule has 160 valence electrons. The molecule has 2 rings (SSSR count). The number of ether oxygens (including phenoxy) is 3. The molecule has 10 atom stereocenters. The molecular formula is C15H27O12-. The van der Waals surface area contributed by atoms with Crippen molar-refractivity contribution in [3.05, 3.63) is 12.3 Å². The summed E-state index contributed by atoms with van der Waals surface area (Å²) in [6.45, 7) is 3.07. The maximum absolute atomic E-state index is 9.94. The number of aliphatic hydroxyl groups excluding tert-OH is 8. The quantitative estimate of drug-likeness (QED) is 0.208. The van der Waals surface area contributed by atoms with E-state index < -0.39 is 74.6 Å². The van der Waals surface area contributed by atoms with Gasteiger partial charge in [-0.25, -0.2) is 0 Å². The molecule has 0 radical (unpaired) electrons. The normalized spacial score (nSPS) is 44.9. The Morgan fingerprint density at radius 3 is 1.85 bits per heavy atom. The SMILES string of the molecule is C=C(C)[O-].OC[C@H]1O[C@@H](O[C@H]2[C@H](O)[C@@H](O)C(O)O[C@@H]2CO)[C@H](O)[C@@H](O)[C@H]1O. The van der Waals surface area contributed by atoms with E-state index in [9.17, 15) is 40.9 Å². The van der Waals surface area contributed by atoms with Crippen LogP contribution in [0.25, 0.3) is 0 Å². The summed E-state index contributed by atoms with van der Waals surface area (Å²) in [5.41, 5.74) is 0. The monoisotopic (exact) mass is 399 g/mol. The Bertz CT molecular complexity index is 454. The van der Waals surface area contributed by atoms with E-state index in [2.05, 4.69) is 6.58 Å². The van der Waals surface area contributed by atoms with E-state index in [0.717, 1.165) is 0 Å². The van der Waals surface area contributed by atoms with Gasteiger partial charge in [0.25, 0.3) is 0 Å². The standard InChI is InChI=1S/C12H22O11.C3H6O/c13-1-3-5(15)6(16)9(19)12(22-3)23-10-4(2-14)21-11(20)8(18)7(10)17;1-3(2)4/h3-20H,1-2H2;4H,1H2,2H3/p-1/t3-,4-,5+,6+,7-,8-,9-,10-,11?,12+;/m1./s1. The fraction of sp³-hybridized carbons (Fsp3) is 0.867. The molecule has 0 saturated carbocycles. The van der Waals surface area contributed by atoms with Crippen LogP contribution in [0.2, 0.25) is 0 Å². The van der Waals surface area contributed by atoms with Crippen molar-refractivity contribution < 1.29 is 60.2 Å². The number of hydrogen-bond donors (Lipinski definition) is 8. The van der Waals surface area contributed by atoms with Crippen LogP contribution in [0.3, 0.4) is 0 Å². The third kappa shape index (κ3) is 6.04. The molecule has 0 spiro atoms. The number of aliphatic hydroxyl groups is 8. The Labute approximate surface area is 155 Å². The molecule has 12 heteroatoms. The van der Waals surface area contributed by atoms with Gasteiger partial charge in [0, 0.05) is 0 Å². The topological polar surface area (TPSA) is 213 Å². The molecule has 27 heavy (non-hydrogen) atoms. The van der Waals surface area contributed by atoms with Gasteiger partial charge in [-0.1, -0.05) is 6.92 Å². The largest absolute Gasteiger partial charge is 0.876 e. The van der Waals surface area contributed by atoms with Crippen molar-refractivity contribution in [2.24, 2.45) is 0 Å². The van der Waals surface area contributed by atoms with Crippen molar-refractivity contribution in [3.63, 3.8) is 0 Å². The van der Waals surface area contributed by atoms with Gasteiger partial charge in [-0.2, -0.15) is 0 Å². The average Bonchev–Trinajstić information content (AvgIpc) is 2.61. The molecule has 0 aromatic carbocycles. The fourth-order valence-corrected chi connectivity index (χ4v) is 2.57. The van der Waals surface area contributed by atoms with Crippen molar-refractivity contribution in [2.75, 3.05) is 13.2 Å². The minimum atomic E-state index is -1.74. The van der Waals surface area contributed by atoms with E-state index in [1.165, 1.54) is 6.92 Å². The molecule has 12 nitrogen and oxygen atoms in total. The van der Waals surface area contributed by atoms with Crippen LogP contribution in [0.5, 0.6) is 0 Å². The van der Waals surface area contributed by atoms with Gasteiger partial charge >= 0.3 is 0 Å². The predicted octanol–water partition coefficient (Wildman–Crippen LogP) is -5.52. The lowest BCUT2D eigenvalue weighted by Crippen LogP contribution is -2.64. The zero-order valence-corrected chi connectivity index (χ0v) is 14.6. The van der Waals surface area contributed by atoms with Crippen molar-refractivity contribution in [1.29, 1.82) is 0 Å². The Balaban J connectivity index is 0.000000828. The lowest BCUT2D eigenvalue weighted by Gasteiger charge is -2.45. The zero-order chi connectivity index (χ0) is 20.9. The summed E-state index contributed by atoms with van der Waals surface area (Å²) in [7, 11) is 0. The van der Waals surface area contributed by atoms with E-state index in [1.54, 1.807) is 0 Å². The van der Waals surface area contributed by atoms with Crippen LogP contribution in [0, 0.1) is 0 Å². The highest BCUT2D eigenvalue weighted by Crippen LogP contribution is 2.28. The molecule has 2 heterocycles. The molecule has 2 aliphatic rings. The summed E-state index contributed by atoms with van der Waals surface area (Å²) in [4.78, 5) is 0. The fourth-order valence-electron chi connectivity index (χ4n) is 2.57. The van der Waals surface area contributed by atoms with Gasteiger partial charge in [0.15, 0.2) is 12.6 Å². The highest BCUT2D eigenvalue weighted by molar-refractivity contribution is 4.93. The van der Waals surface area contributed by atoms with Crippen LogP contribution in [0.4, 0.5) is 0 Å². The van der Waals surface area contributed by atoms with Crippen molar-refractivity contribution in [3.8, 4) is 0 Å². The Morgan fingerprint density at radius 2 is 1.37 bits per heavy atom. The van der Waals surface area contributed by atoms with Crippen molar-refractivity contribution in [1.82, 2.24) is 0 Å². The summed E-state index contributed by atoms with van der Waals surface area (Å²) < 4.78 is 15.3. The minimum absolute atomic E-state index is 0.0833. The third-order valence-electron chi connectivity index (χ3n) is 3.98. The van der Waals surface area contributed by atoms with E-state index in [1.807, 2.05) is 0 Å². The van der Waals surface area contributed by atoms with E-state index in [0.29, 0.717) is 0 Å². The molecule has 0 aliphatic carbocycles. The van der Waals surface area contributed by atoms with Gasteiger partial charge in [-0.15, -0.1) is 12.3 Å². The highest BCUT2D eigenvalue weighted by atomic mass is 16.7. The van der Waals surface area contributed by atoms with Crippen LogP contribution in [0.1, 0.15) is 6.92 Å². The lowest BCUT2D eigenvalue weighted by molar-refractivity contribution is -0.355. The third-order valence-corrected chi connectivity index (χ3v) is 3.98. The molecule has 0 amide bonds. The van der Waals surface area contributed by atoms with Crippen LogP contribution in [-0.2, 0) is 14.2 Å². The molecule has 2 aliphatic heterocycles. The molecule has 1 unspecified atom stereocenters. The molecule has 8 N–H and O–H groups in total. The molecule has 2 fully saturated rings. The van der Waals surface area contributed by atoms with Crippen LogP contribution < -0.4 is 5.11 Å². The van der Waals surface area contributed by atoms with Crippen molar-refractivity contribution in [2.45, 2.75) is 68.3 Å². The predicted molar refractivity (Wildman–Crippen MR) is 83.4 cm³/mol. The molecular weight excluding hydrogens is 372 g/mol. The number of hydrogen-bond acceptors (Lipinski definition) is 12. The maximum atomic E-state index is 9.94. The summed E-state index contributed by atoms with van der Waals surface area (Å²) in [6, 6.07) is 0. The second kappa shape index (κ2) is 10.6.